The number of anilines is 1. The highest BCUT2D eigenvalue weighted by molar-refractivity contribution is 5.68. The van der Waals surface area contributed by atoms with Crippen molar-refractivity contribution in [2.45, 2.75) is 6.92 Å². The molecule has 0 spiro atoms. The molecule has 0 radical (unpaired) electrons. The van der Waals surface area contributed by atoms with E-state index in [2.05, 4.69) is 0 Å². The number of benzene rings is 1. The molecular formula is C10H9FN2. The van der Waals surface area contributed by atoms with Crippen LogP contribution in [0.5, 0.6) is 0 Å². The second-order valence-electron chi connectivity index (χ2n) is 2.69. The predicted molar refractivity (Wildman–Crippen MR) is 50.2 cm³/mol. The van der Waals surface area contributed by atoms with Gasteiger partial charge < -0.3 is 5.73 Å². The summed E-state index contributed by atoms with van der Waals surface area (Å²) in [5.74, 6) is -0.343. The summed E-state index contributed by atoms with van der Waals surface area (Å²) in [6.07, 6.45) is 2.76. The van der Waals surface area contributed by atoms with Crippen LogP contribution in [0.3, 0.4) is 0 Å². The summed E-state index contributed by atoms with van der Waals surface area (Å²) in [6, 6.07) is 4.49. The van der Waals surface area contributed by atoms with Crippen molar-refractivity contribution in [1.29, 1.82) is 5.26 Å². The molecule has 2 nitrogen and oxygen atoms in total. The van der Waals surface area contributed by atoms with E-state index < -0.39 is 0 Å². The van der Waals surface area contributed by atoms with Gasteiger partial charge in [0.05, 0.1) is 6.07 Å². The van der Waals surface area contributed by atoms with Gasteiger partial charge >= 0.3 is 0 Å². The molecule has 66 valence electrons. The maximum atomic E-state index is 12.9. The van der Waals surface area contributed by atoms with Crippen LogP contribution in [0, 0.1) is 24.1 Å². The lowest BCUT2D eigenvalue weighted by molar-refractivity contribution is 0.626. The Balaban J connectivity index is 3.22. The molecule has 1 rings (SSSR count). The van der Waals surface area contributed by atoms with E-state index in [1.165, 1.54) is 24.3 Å². The Labute approximate surface area is 76.1 Å². The predicted octanol–water partition coefficient (Wildman–Crippen LogP) is 2.25. The molecule has 0 aliphatic heterocycles. The molecule has 0 unspecified atom stereocenters. The number of hydrogen-bond donors (Lipinski definition) is 1. The molecule has 1 aromatic carbocycles. The molecule has 1 aromatic rings. The van der Waals surface area contributed by atoms with Crippen molar-refractivity contribution in [1.82, 2.24) is 0 Å². The second-order valence-corrected chi connectivity index (χ2v) is 2.69. The van der Waals surface area contributed by atoms with Crippen LogP contribution in [0.1, 0.15) is 11.1 Å². The van der Waals surface area contributed by atoms with Crippen molar-refractivity contribution in [2.75, 3.05) is 5.73 Å². The summed E-state index contributed by atoms with van der Waals surface area (Å²) in [5, 5.41) is 8.29. The van der Waals surface area contributed by atoms with Crippen LogP contribution in [-0.2, 0) is 0 Å². The number of rotatable bonds is 1. The monoisotopic (exact) mass is 176 g/mol. The summed E-state index contributed by atoms with van der Waals surface area (Å²) < 4.78 is 12.9. The summed E-state index contributed by atoms with van der Waals surface area (Å²) >= 11 is 0. The summed E-state index contributed by atoms with van der Waals surface area (Å²) in [6.45, 7) is 1.72. The number of nitriles is 1. The topological polar surface area (TPSA) is 49.8 Å². The molecule has 0 saturated heterocycles. The molecule has 0 heterocycles. The summed E-state index contributed by atoms with van der Waals surface area (Å²) in [5.41, 5.74) is 7.39. The lowest BCUT2D eigenvalue weighted by Gasteiger charge is -2.03. The van der Waals surface area contributed by atoms with Crippen LogP contribution in [0.4, 0.5) is 10.1 Å². The number of hydrogen-bond acceptors (Lipinski definition) is 2. The Morgan fingerprint density at radius 1 is 1.54 bits per heavy atom. The normalized spacial score (nSPS) is 10.2. The van der Waals surface area contributed by atoms with E-state index in [-0.39, 0.29) is 5.82 Å². The summed E-state index contributed by atoms with van der Waals surface area (Å²) in [4.78, 5) is 0. The zero-order valence-corrected chi connectivity index (χ0v) is 7.21. The fraction of sp³-hybridized carbons (Fsp3) is 0.100. The first-order chi connectivity index (χ1) is 6.15. The van der Waals surface area contributed by atoms with Crippen LogP contribution < -0.4 is 5.73 Å². The first kappa shape index (κ1) is 9.27. The lowest BCUT2D eigenvalue weighted by Crippen LogP contribution is -1.94. The van der Waals surface area contributed by atoms with Gasteiger partial charge in [-0.05, 0) is 30.7 Å². The van der Waals surface area contributed by atoms with Gasteiger partial charge in [-0.1, -0.05) is 0 Å². The van der Waals surface area contributed by atoms with E-state index in [1.807, 2.05) is 6.07 Å². The van der Waals surface area contributed by atoms with Crippen molar-refractivity contribution < 1.29 is 4.39 Å². The van der Waals surface area contributed by atoms with Crippen molar-refractivity contribution in [2.24, 2.45) is 0 Å². The Morgan fingerprint density at radius 3 is 2.85 bits per heavy atom. The van der Waals surface area contributed by atoms with Gasteiger partial charge in [0, 0.05) is 17.3 Å². The third kappa shape index (κ3) is 2.06. The fourth-order valence-corrected chi connectivity index (χ4v) is 1.05. The average Bonchev–Trinajstić information content (AvgIpc) is 2.09. The van der Waals surface area contributed by atoms with Crippen LogP contribution in [-0.4, -0.2) is 0 Å². The Morgan fingerprint density at radius 2 is 2.23 bits per heavy atom. The number of aryl methyl sites for hydroxylation is 1. The zero-order valence-electron chi connectivity index (χ0n) is 7.21. The minimum Gasteiger partial charge on any atom is -0.398 e. The SMILES string of the molecule is Cc1cc(F)cc(C=CC#N)c1N. The molecule has 13 heavy (non-hydrogen) atoms. The van der Waals surface area contributed by atoms with Gasteiger partial charge in [0.25, 0.3) is 0 Å². The molecule has 3 heteroatoms. The van der Waals surface area contributed by atoms with Gasteiger partial charge in [0.2, 0.25) is 0 Å². The van der Waals surface area contributed by atoms with Crippen molar-refractivity contribution in [3.8, 4) is 6.07 Å². The van der Waals surface area contributed by atoms with Gasteiger partial charge in [-0.2, -0.15) is 5.26 Å². The Hall–Kier alpha value is -1.82. The highest BCUT2D eigenvalue weighted by Crippen LogP contribution is 2.19. The first-order valence-electron chi connectivity index (χ1n) is 3.77. The minimum atomic E-state index is -0.343. The van der Waals surface area contributed by atoms with Gasteiger partial charge in [-0.3, -0.25) is 0 Å². The lowest BCUT2D eigenvalue weighted by atomic mass is 10.1. The number of allylic oxidation sites excluding steroid dienone is 1. The maximum absolute atomic E-state index is 12.9. The molecule has 0 aliphatic rings. The number of halogens is 1. The molecule has 0 amide bonds. The van der Waals surface area contributed by atoms with Crippen LogP contribution in [0.2, 0.25) is 0 Å². The van der Waals surface area contributed by atoms with Crippen molar-refractivity contribution in [3.63, 3.8) is 0 Å². The molecule has 0 bridgehead atoms. The van der Waals surface area contributed by atoms with Gasteiger partial charge in [0.15, 0.2) is 0 Å². The molecular weight excluding hydrogens is 167 g/mol. The van der Waals surface area contributed by atoms with Gasteiger partial charge in [-0.25, -0.2) is 4.39 Å². The zero-order chi connectivity index (χ0) is 9.84. The molecule has 0 saturated carbocycles. The van der Waals surface area contributed by atoms with Gasteiger partial charge in [-0.15, -0.1) is 0 Å². The van der Waals surface area contributed by atoms with E-state index in [9.17, 15) is 4.39 Å². The highest BCUT2D eigenvalue weighted by atomic mass is 19.1. The molecule has 0 aromatic heterocycles. The Kier molecular flexibility index (Phi) is 2.65. The van der Waals surface area contributed by atoms with E-state index in [1.54, 1.807) is 6.92 Å². The molecule has 0 aliphatic carbocycles. The third-order valence-electron chi connectivity index (χ3n) is 1.72. The molecule has 2 N–H and O–H groups in total. The fourth-order valence-electron chi connectivity index (χ4n) is 1.05. The third-order valence-corrected chi connectivity index (χ3v) is 1.72. The standard InChI is InChI=1S/C10H9FN2/c1-7-5-9(11)6-8(10(7)13)3-2-4-12/h2-3,5-6H,13H2,1H3. The van der Waals surface area contributed by atoms with Crippen LogP contribution in [0.25, 0.3) is 6.08 Å². The maximum Gasteiger partial charge on any atom is 0.124 e. The Bertz CT molecular complexity index is 389. The molecule has 0 fully saturated rings. The first-order valence-corrected chi connectivity index (χ1v) is 3.77. The van der Waals surface area contributed by atoms with E-state index in [0.717, 1.165) is 0 Å². The van der Waals surface area contributed by atoms with Crippen LogP contribution in [0.15, 0.2) is 18.2 Å². The average molecular weight is 176 g/mol. The van der Waals surface area contributed by atoms with E-state index in [0.29, 0.717) is 16.8 Å². The smallest absolute Gasteiger partial charge is 0.124 e. The van der Waals surface area contributed by atoms with E-state index >= 15 is 0 Å². The molecule has 0 atom stereocenters. The highest BCUT2D eigenvalue weighted by Gasteiger charge is 2.01. The number of nitrogen functional groups attached to an aromatic ring is 1. The van der Waals surface area contributed by atoms with Crippen molar-refractivity contribution >= 4 is 11.8 Å². The van der Waals surface area contributed by atoms with E-state index in [4.69, 9.17) is 11.0 Å². The number of nitrogens with two attached hydrogens (primary N) is 1. The quantitative estimate of drug-likeness (QED) is 0.527. The van der Waals surface area contributed by atoms with Crippen LogP contribution >= 0.6 is 0 Å². The number of nitrogens with zero attached hydrogens (tertiary/aromatic N) is 1. The second kappa shape index (κ2) is 3.72. The largest absolute Gasteiger partial charge is 0.398 e. The minimum absolute atomic E-state index is 0.343. The van der Waals surface area contributed by atoms with Gasteiger partial charge in [0.1, 0.15) is 5.82 Å². The van der Waals surface area contributed by atoms with Crippen molar-refractivity contribution in [3.05, 3.63) is 35.2 Å². The summed E-state index contributed by atoms with van der Waals surface area (Å²) in [7, 11) is 0.